The first-order valence-corrected chi connectivity index (χ1v) is 8.02. The molecule has 5 nitrogen and oxygen atoms in total. The number of hydrogen-bond acceptors (Lipinski definition) is 4. The average Bonchev–Trinajstić information content (AvgIpc) is 2.65. The first kappa shape index (κ1) is 20.7. The van der Waals surface area contributed by atoms with Gasteiger partial charge in [0.05, 0.1) is 5.56 Å². The lowest BCUT2D eigenvalue weighted by Gasteiger charge is -2.09. The molecule has 0 aliphatic rings. The maximum absolute atomic E-state index is 12.5. The summed E-state index contributed by atoms with van der Waals surface area (Å²) in [5.74, 6) is -1.73. The number of nitrogens with one attached hydrogen (secondary N) is 1. The lowest BCUT2D eigenvalue weighted by atomic mass is 10.1. The number of aryl methyl sites for hydroxylation is 1. The number of nitriles is 1. The van der Waals surface area contributed by atoms with Crippen LogP contribution in [0, 0.1) is 18.3 Å². The van der Waals surface area contributed by atoms with E-state index in [1.165, 1.54) is 6.08 Å². The van der Waals surface area contributed by atoms with Gasteiger partial charge in [0.15, 0.2) is 6.61 Å². The number of amides is 1. The number of anilines is 1. The lowest BCUT2D eigenvalue weighted by Crippen LogP contribution is -2.21. The van der Waals surface area contributed by atoms with E-state index in [2.05, 4.69) is 5.32 Å². The highest BCUT2D eigenvalue weighted by Crippen LogP contribution is 2.29. The van der Waals surface area contributed by atoms with Gasteiger partial charge in [-0.25, -0.2) is 4.79 Å². The van der Waals surface area contributed by atoms with Crippen LogP contribution in [0.4, 0.5) is 18.9 Å². The van der Waals surface area contributed by atoms with Crippen LogP contribution in [0.3, 0.4) is 0 Å². The Bertz CT molecular complexity index is 925. The van der Waals surface area contributed by atoms with Crippen LogP contribution in [0.2, 0.25) is 0 Å². The number of esters is 1. The van der Waals surface area contributed by atoms with Crippen molar-refractivity contribution in [1.82, 2.24) is 0 Å². The fourth-order valence-electron chi connectivity index (χ4n) is 2.11. The molecular weight excluding hydrogens is 373 g/mol. The van der Waals surface area contributed by atoms with Gasteiger partial charge in [0, 0.05) is 5.69 Å². The molecule has 2 aromatic rings. The molecule has 1 N–H and O–H groups in total. The minimum absolute atomic E-state index is 0.116. The molecule has 0 aromatic heterocycles. The Morgan fingerprint density at radius 2 is 1.71 bits per heavy atom. The normalized spacial score (nSPS) is 11.5. The van der Waals surface area contributed by atoms with E-state index in [0.29, 0.717) is 5.56 Å². The topological polar surface area (TPSA) is 79.2 Å². The van der Waals surface area contributed by atoms with Crippen molar-refractivity contribution in [3.05, 3.63) is 70.8 Å². The Morgan fingerprint density at radius 3 is 2.25 bits per heavy atom. The molecule has 0 spiro atoms. The van der Waals surface area contributed by atoms with Crippen LogP contribution in [0.25, 0.3) is 6.08 Å². The molecule has 0 fully saturated rings. The van der Waals surface area contributed by atoms with E-state index < -0.39 is 30.2 Å². The number of carbonyl (C=O) groups excluding carboxylic acids is 2. The van der Waals surface area contributed by atoms with Gasteiger partial charge < -0.3 is 10.1 Å². The van der Waals surface area contributed by atoms with Gasteiger partial charge in [-0.05, 0) is 42.8 Å². The summed E-state index contributed by atoms with van der Waals surface area (Å²) in [4.78, 5) is 23.7. The van der Waals surface area contributed by atoms with Crippen LogP contribution in [-0.2, 0) is 20.5 Å². The predicted octanol–water partition coefficient (Wildman–Crippen LogP) is 4.10. The average molecular weight is 388 g/mol. The zero-order valence-corrected chi connectivity index (χ0v) is 14.7. The standard InChI is InChI=1S/C20H15F3N2O3/c1-13-2-4-14(5-3-13)10-15(11-24)19(27)28-12-18(26)25-17-8-6-16(7-9-17)20(21,22)23/h2-10H,12H2,1H3,(H,25,26)/b15-10+. The molecule has 0 unspecified atom stereocenters. The zero-order chi connectivity index (χ0) is 20.7. The first-order chi connectivity index (χ1) is 13.2. The molecule has 28 heavy (non-hydrogen) atoms. The highest BCUT2D eigenvalue weighted by molar-refractivity contribution is 6.00. The second-order valence-electron chi connectivity index (χ2n) is 5.78. The molecule has 0 radical (unpaired) electrons. The monoisotopic (exact) mass is 388 g/mol. The van der Waals surface area contributed by atoms with E-state index in [4.69, 9.17) is 10.00 Å². The highest BCUT2D eigenvalue weighted by Gasteiger charge is 2.30. The number of ether oxygens (including phenoxy) is 1. The number of benzene rings is 2. The number of rotatable bonds is 5. The van der Waals surface area contributed by atoms with Crippen LogP contribution in [0.15, 0.2) is 54.1 Å². The van der Waals surface area contributed by atoms with Crippen LogP contribution < -0.4 is 5.32 Å². The summed E-state index contributed by atoms with van der Waals surface area (Å²) >= 11 is 0. The fourth-order valence-corrected chi connectivity index (χ4v) is 2.11. The highest BCUT2D eigenvalue weighted by atomic mass is 19.4. The van der Waals surface area contributed by atoms with E-state index in [-0.39, 0.29) is 11.3 Å². The molecule has 0 aliphatic carbocycles. The molecule has 0 saturated heterocycles. The SMILES string of the molecule is Cc1ccc(/C=C(\C#N)C(=O)OCC(=O)Nc2ccc(C(F)(F)F)cc2)cc1. The summed E-state index contributed by atoms with van der Waals surface area (Å²) in [6, 6.07) is 12.6. The molecule has 144 valence electrons. The second-order valence-corrected chi connectivity index (χ2v) is 5.78. The van der Waals surface area contributed by atoms with Crippen molar-refractivity contribution in [2.75, 3.05) is 11.9 Å². The molecule has 2 aromatic carbocycles. The molecule has 0 bridgehead atoms. The van der Waals surface area contributed by atoms with Gasteiger partial charge in [-0.3, -0.25) is 4.79 Å². The Balaban J connectivity index is 1.93. The molecule has 0 saturated carbocycles. The maximum atomic E-state index is 12.5. The van der Waals surface area contributed by atoms with E-state index in [9.17, 15) is 22.8 Å². The molecule has 2 rings (SSSR count). The van der Waals surface area contributed by atoms with Crippen molar-refractivity contribution in [3.8, 4) is 6.07 Å². The first-order valence-electron chi connectivity index (χ1n) is 8.02. The zero-order valence-electron chi connectivity index (χ0n) is 14.7. The van der Waals surface area contributed by atoms with E-state index in [1.807, 2.05) is 19.1 Å². The second kappa shape index (κ2) is 8.86. The molecule has 0 atom stereocenters. The number of hydrogen-bond donors (Lipinski definition) is 1. The maximum Gasteiger partial charge on any atom is 0.416 e. The summed E-state index contributed by atoms with van der Waals surface area (Å²) in [6.07, 6.45) is -3.15. The predicted molar refractivity (Wildman–Crippen MR) is 95.8 cm³/mol. The summed E-state index contributed by atoms with van der Waals surface area (Å²) < 4.78 is 42.3. The van der Waals surface area contributed by atoms with Gasteiger partial charge in [0.25, 0.3) is 5.91 Å². The summed E-state index contributed by atoms with van der Waals surface area (Å²) in [5, 5.41) is 11.4. The third-order valence-corrected chi connectivity index (χ3v) is 3.56. The number of alkyl halides is 3. The smallest absolute Gasteiger partial charge is 0.416 e. The summed E-state index contributed by atoms with van der Waals surface area (Å²) in [7, 11) is 0. The third-order valence-electron chi connectivity index (χ3n) is 3.56. The minimum atomic E-state index is -4.48. The quantitative estimate of drug-likeness (QED) is 0.475. The van der Waals surface area contributed by atoms with Crippen LogP contribution in [-0.4, -0.2) is 18.5 Å². The van der Waals surface area contributed by atoms with Crippen LogP contribution in [0.1, 0.15) is 16.7 Å². The van der Waals surface area contributed by atoms with Crippen molar-refractivity contribution in [1.29, 1.82) is 5.26 Å². The third kappa shape index (κ3) is 5.99. The number of carbonyl (C=O) groups is 2. The van der Waals surface area contributed by atoms with Crippen molar-refractivity contribution in [2.24, 2.45) is 0 Å². The van der Waals surface area contributed by atoms with Gasteiger partial charge in [0.1, 0.15) is 11.6 Å². The van der Waals surface area contributed by atoms with Gasteiger partial charge in [0.2, 0.25) is 0 Å². The summed E-state index contributed by atoms with van der Waals surface area (Å²) in [5.41, 5.74) is 0.610. The Labute approximate surface area is 159 Å². The summed E-state index contributed by atoms with van der Waals surface area (Å²) in [6.45, 7) is 1.20. The lowest BCUT2D eigenvalue weighted by molar-refractivity contribution is -0.142. The van der Waals surface area contributed by atoms with E-state index in [0.717, 1.165) is 29.8 Å². The van der Waals surface area contributed by atoms with Gasteiger partial charge >= 0.3 is 12.1 Å². The van der Waals surface area contributed by atoms with E-state index >= 15 is 0 Å². The largest absolute Gasteiger partial charge is 0.451 e. The van der Waals surface area contributed by atoms with Gasteiger partial charge in [-0.15, -0.1) is 0 Å². The molecule has 0 heterocycles. The van der Waals surface area contributed by atoms with Crippen LogP contribution in [0.5, 0.6) is 0 Å². The number of nitrogens with zero attached hydrogens (tertiary/aromatic N) is 1. The van der Waals surface area contributed by atoms with Crippen molar-refractivity contribution in [3.63, 3.8) is 0 Å². The Morgan fingerprint density at radius 1 is 1.11 bits per heavy atom. The van der Waals surface area contributed by atoms with Crippen molar-refractivity contribution >= 4 is 23.6 Å². The van der Waals surface area contributed by atoms with Gasteiger partial charge in [-0.2, -0.15) is 18.4 Å². The van der Waals surface area contributed by atoms with E-state index in [1.54, 1.807) is 18.2 Å². The van der Waals surface area contributed by atoms with Crippen molar-refractivity contribution < 1.29 is 27.5 Å². The number of halogens is 3. The van der Waals surface area contributed by atoms with Crippen molar-refractivity contribution in [2.45, 2.75) is 13.1 Å². The Hall–Kier alpha value is -3.60. The minimum Gasteiger partial charge on any atom is -0.451 e. The molecular formula is C20H15F3N2O3. The molecule has 0 aliphatic heterocycles. The molecule has 1 amide bonds. The Kier molecular flexibility index (Phi) is 6.55. The fraction of sp³-hybridized carbons (Fsp3) is 0.150. The van der Waals surface area contributed by atoms with Crippen LogP contribution >= 0.6 is 0 Å². The molecule has 8 heteroatoms. The van der Waals surface area contributed by atoms with Gasteiger partial charge in [-0.1, -0.05) is 29.8 Å².